The molecule has 0 aliphatic heterocycles. The van der Waals surface area contributed by atoms with Gasteiger partial charge in [0.05, 0.1) is 16.8 Å². The Morgan fingerprint density at radius 3 is 2.13 bits per heavy atom. The number of hydrogen-bond acceptors (Lipinski definition) is 2. The van der Waals surface area contributed by atoms with E-state index in [1.807, 2.05) is 0 Å². The van der Waals surface area contributed by atoms with Crippen LogP contribution < -0.4 is 0 Å². The molecule has 0 spiro atoms. The van der Waals surface area contributed by atoms with Crippen LogP contribution in [0.3, 0.4) is 0 Å². The van der Waals surface area contributed by atoms with Crippen molar-refractivity contribution in [3.8, 4) is 33.6 Å². The second kappa shape index (κ2) is 7.92. The molecule has 1 aromatic heterocycles. The van der Waals surface area contributed by atoms with E-state index in [2.05, 4.69) is 10.2 Å². The molecule has 0 saturated carbocycles. The fourth-order valence-electron chi connectivity index (χ4n) is 3.36. The van der Waals surface area contributed by atoms with Crippen molar-refractivity contribution in [2.24, 2.45) is 0 Å². The minimum atomic E-state index is -4.57. The number of nitrogens with zero attached hydrogens (tertiary/aromatic N) is 1. The van der Waals surface area contributed by atoms with E-state index in [-0.39, 0.29) is 22.4 Å². The number of nitrogens with one attached hydrogen (secondary N) is 1. The number of carboxylic acids is 1. The van der Waals surface area contributed by atoms with Crippen molar-refractivity contribution in [2.45, 2.75) is 6.18 Å². The normalized spacial score (nSPS) is 11.5. The summed E-state index contributed by atoms with van der Waals surface area (Å²) in [6.07, 6.45) is -4.57. The Bertz CT molecular complexity index is 1250. The highest BCUT2D eigenvalue weighted by atomic mass is 35.5. The Morgan fingerprint density at radius 1 is 0.903 bits per heavy atom. The second-order valence-corrected chi connectivity index (χ2v) is 7.19. The molecule has 4 aromatic rings. The van der Waals surface area contributed by atoms with Gasteiger partial charge in [-0.25, -0.2) is 4.79 Å². The van der Waals surface area contributed by atoms with E-state index >= 15 is 0 Å². The first kappa shape index (κ1) is 20.7. The van der Waals surface area contributed by atoms with Crippen molar-refractivity contribution in [2.75, 3.05) is 0 Å². The summed E-state index contributed by atoms with van der Waals surface area (Å²) in [5.41, 5.74) is 1.25. The van der Waals surface area contributed by atoms with Crippen LogP contribution in [0.5, 0.6) is 0 Å². The largest absolute Gasteiger partial charge is 0.478 e. The number of rotatable bonds is 4. The second-order valence-electron chi connectivity index (χ2n) is 6.75. The zero-order valence-electron chi connectivity index (χ0n) is 15.7. The average molecular weight is 443 g/mol. The maximum Gasteiger partial charge on any atom is 0.417 e. The predicted molar refractivity (Wildman–Crippen MR) is 112 cm³/mol. The quantitative estimate of drug-likeness (QED) is 0.366. The lowest BCUT2D eigenvalue weighted by Gasteiger charge is -2.14. The van der Waals surface area contributed by atoms with Crippen LogP contribution in [-0.4, -0.2) is 21.3 Å². The maximum absolute atomic E-state index is 13.8. The van der Waals surface area contributed by atoms with Crippen LogP contribution in [0, 0.1) is 0 Å². The molecule has 0 aliphatic carbocycles. The van der Waals surface area contributed by atoms with Crippen LogP contribution in [0.4, 0.5) is 13.2 Å². The van der Waals surface area contributed by atoms with E-state index in [9.17, 15) is 18.0 Å². The zero-order valence-corrected chi connectivity index (χ0v) is 16.5. The summed E-state index contributed by atoms with van der Waals surface area (Å²) in [5, 5.41) is 16.7. The standard InChI is InChI=1S/C23H14ClF3N2O2/c24-16-11-9-14(10-12-16)21-19(17-3-1-2-4-18(17)23(25,26)27)20(28-29-21)13-5-7-15(8-6-13)22(30)31/h1-12H,(H,28,29)(H,30,31). The van der Waals surface area contributed by atoms with Gasteiger partial charge in [-0.05, 0) is 35.9 Å². The summed E-state index contributed by atoms with van der Waals surface area (Å²) in [4.78, 5) is 11.2. The van der Waals surface area contributed by atoms with Gasteiger partial charge in [-0.3, -0.25) is 5.10 Å². The molecule has 3 aromatic carbocycles. The highest BCUT2D eigenvalue weighted by Gasteiger charge is 2.35. The van der Waals surface area contributed by atoms with Gasteiger partial charge in [-0.1, -0.05) is 54.1 Å². The first-order chi connectivity index (χ1) is 14.8. The molecule has 4 rings (SSSR count). The fourth-order valence-corrected chi connectivity index (χ4v) is 3.48. The summed E-state index contributed by atoms with van der Waals surface area (Å²) in [7, 11) is 0. The number of carbonyl (C=O) groups is 1. The van der Waals surface area contributed by atoms with Gasteiger partial charge in [-0.2, -0.15) is 18.3 Å². The van der Waals surface area contributed by atoms with Gasteiger partial charge in [0.25, 0.3) is 0 Å². The van der Waals surface area contributed by atoms with Gasteiger partial charge < -0.3 is 5.11 Å². The summed E-state index contributed by atoms with van der Waals surface area (Å²) in [6.45, 7) is 0. The Labute approximate surface area is 179 Å². The molecule has 0 aliphatic rings. The summed E-state index contributed by atoms with van der Waals surface area (Å²) in [5.74, 6) is -1.10. The van der Waals surface area contributed by atoms with Crippen molar-refractivity contribution in [3.05, 3.63) is 88.9 Å². The first-order valence-corrected chi connectivity index (χ1v) is 9.48. The monoisotopic (exact) mass is 442 g/mol. The van der Waals surface area contributed by atoms with Crippen LogP contribution in [0.1, 0.15) is 15.9 Å². The molecule has 8 heteroatoms. The maximum atomic E-state index is 13.8. The van der Waals surface area contributed by atoms with Gasteiger partial charge >= 0.3 is 12.1 Å². The number of aromatic amines is 1. The Balaban J connectivity index is 1.98. The van der Waals surface area contributed by atoms with Crippen molar-refractivity contribution in [1.29, 1.82) is 0 Å². The smallest absolute Gasteiger partial charge is 0.417 e. The molecular formula is C23H14ClF3N2O2. The number of carboxylic acid groups (broad SMARTS) is 1. The van der Waals surface area contributed by atoms with Crippen LogP contribution in [0.25, 0.3) is 33.6 Å². The lowest BCUT2D eigenvalue weighted by Crippen LogP contribution is -2.07. The van der Waals surface area contributed by atoms with Gasteiger partial charge in [0, 0.05) is 21.7 Å². The number of hydrogen-bond donors (Lipinski definition) is 2. The van der Waals surface area contributed by atoms with Gasteiger partial charge in [0.15, 0.2) is 0 Å². The number of H-pyrrole nitrogens is 1. The summed E-state index contributed by atoms with van der Waals surface area (Å²) in [6, 6.07) is 17.7. The van der Waals surface area contributed by atoms with Crippen molar-refractivity contribution >= 4 is 17.6 Å². The molecule has 0 unspecified atom stereocenters. The van der Waals surface area contributed by atoms with E-state index in [1.165, 1.54) is 42.5 Å². The molecule has 0 fully saturated rings. The van der Waals surface area contributed by atoms with E-state index in [0.29, 0.717) is 21.8 Å². The third-order valence-electron chi connectivity index (χ3n) is 4.81. The van der Waals surface area contributed by atoms with Crippen molar-refractivity contribution in [3.63, 3.8) is 0 Å². The minimum absolute atomic E-state index is 0.0361. The van der Waals surface area contributed by atoms with E-state index < -0.39 is 17.7 Å². The van der Waals surface area contributed by atoms with Crippen LogP contribution in [-0.2, 0) is 6.18 Å². The fraction of sp³-hybridized carbons (Fsp3) is 0.0435. The lowest BCUT2D eigenvalue weighted by molar-refractivity contribution is -0.137. The highest BCUT2D eigenvalue weighted by Crippen LogP contribution is 2.44. The molecule has 4 nitrogen and oxygen atoms in total. The number of aromatic nitrogens is 2. The highest BCUT2D eigenvalue weighted by molar-refractivity contribution is 6.30. The van der Waals surface area contributed by atoms with E-state index in [4.69, 9.17) is 16.7 Å². The number of halogens is 4. The third kappa shape index (κ3) is 4.04. The summed E-state index contributed by atoms with van der Waals surface area (Å²) >= 11 is 5.96. The van der Waals surface area contributed by atoms with E-state index in [1.54, 1.807) is 24.3 Å². The Morgan fingerprint density at radius 2 is 1.52 bits per heavy atom. The first-order valence-electron chi connectivity index (χ1n) is 9.10. The predicted octanol–water partition coefficient (Wildman–Crippen LogP) is 6.78. The number of alkyl halides is 3. The molecule has 0 amide bonds. The Hall–Kier alpha value is -3.58. The van der Waals surface area contributed by atoms with Gasteiger partial charge in [0.1, 0.15) is 5.69 Å². The molecule has 31 heavy (non-hydrogen) atoms. The SMILES string of the molecule is O=C(O)c1ccc(-c2n[nH]c(-c3ccc(Cl)cc3)c2-c2ccccc2C(F)(F)F)cc1. The zero-order chi connectivity index (χ0) is 22.2. The lowest BCUT2D eigenvalue weighted by atomic mass is 9.92. The van der Waals surface area contributed by atoms with Crippen LogP contribution >= 0.6 is 11.6 Å². The number of benzene rings is 3. The molecule has 0 bridgehead atoms. The minimum Gasteiger partial charge on any atom is -0.478 e. The van der Waals surface area contributed by atoms with Crippen molar-refractivity contribution < 1.29 is 23.1 Å². The van der Waals surface area contributed by atoms with Crippen LogP contribution in [0.15, 0.2) is 72.8 Å². The van der Waals surface area contributed by atoms with E-state index in [0.717, 1.165) is 6.07 Å². The number of aromatic carboxylic acids is 1. The molecule has 0 saturated heterocycles. The molecule has 1 heterocycles. The molecule has 0 atom stereocenters. The van der Waals surface area contributed by atoms with Crippen LogP contribution in [0.2, 0.25) is 5.02 Å². The summed E-state index contributed by atoms with van der Waals surface area (Å²) < 4.78 is 41.4. The topological polar surface area (TPSA) is 66.0 Å². The molecular weight excluding hydrogens is 429 g/mol. The third-order valence-corrected chi connectivity index (χ3v) is 5.06. The Kier molecular flexibility index (Phi) is 5.29. The molecule has 2 N–H and O–H groups in total. The van der Waals surface area contributed by atoms with Gasteiger partial charge in [-0.15, -0.1) is 0 Å². The van der Waals surface area contributed by atoms with Gasteiger partial charge in [0.2, 0.25) is 0 Å². The molecule has 156 valence electrons. The van der Waals surface area contributed by atoms with Crippen molar-refractivity contribution in [1.82, 2.24) is 10.2 Å². The molecule has 0 radical (unpaired) electrons. The average Bonchev–Trinajstić information content (AvgIpc) is 3.18.